The van der Waals surface area contributed by atoms with Crippen molar-refractivity contribution in [3.63, 3.8) is 0 Å². The molecule has 0 radical (unpaired) electrons. The van der Waals surface area contributed by atoms with Crippen LogP contribution in [0.1, 0.15) is 25.0 Å². The molecule has 0 aromatic heterocycles. The third kappa shape index (κ3) is 2.59. The lowest BCUT2D eigenvalue weighted by molar-refractivity contribution is -0.562. The van der Waals surface area contributed by atoms with Crippen LogP contribution in [0, 0.1) is 12.7 Å². The van der Waals surface area contributed by atoms with Crippen molar-refractivity contribution in [2.45, 2.75) is 26.3 Å². The summed E-state index contributed by atoms with van der Waals surface area (Å²) in [6, 6.07) is 17.3. The Morgan fingerprint density at radius 1 is 1.00 bits per heavy atom. The highest BCUT2D eigenvalue weighted by molar-refractivity contribution is 6.10. The summed E-state index contributed by atoms with van der Waals surface area (Å²) in [7, 11) is 2.07. The standard InChI is InChI=1S/C23H23FNO/c1-15-13-17-7-5-6-8-19(17)21(16-9-11-18(24)12-10-16)20(15)22-25(4)23(2,3)14-26-22/h5-13H,14H2,1-4H3/q+1. The van der Waals surface area contributed by atoms with E-state index in [1.54, 1.807) is 0 Å². The molecule has 0 saturated heterocycles. The van der Waals surface area contributed by atoms with Crippen molar-refractivity contribution < 1.29 is 13.7 Å². The molecule has 1 aliphatic rings. The zero-order valence-electron chi connectivity index (χ0n) is 15.6. The summed E-state index contributed by atoms with van der Waals surface area (Å²) in [6.45, 7) is 7.11. The number of halogens is 1. The van der Waals surface area contributed by atoms with Gasteiger partial charge in [-0.15, -0.1) is 0 Å². The van der Waals surface area contributed by atoms with E-state index in [9.17, 15) is 4.39 Å². The molecule has 0 aliphatic carbocycles. The second-order valence-corrected chi connectivity index (χ2v) is 7.64. The summed E-state index contributed by atoms with van der Waals surface area (Å²) in [6.07, 6.45) is 0. The smallest absolute Gasteiger partial charge is 0.371 e. The first-order valence-electron chi connectivity index (χ1n) is 8.91. The van der Waals surface area contributed by atoms with Gasteiger partial charge in [0, 0.05) is 19.4 Å². The molecule has 3 heteroatoms. The largest absolute Gasteiger partial charge is 0.437 e. The molecule has 132 valence electrons. The predicted molar refractivity (Wildman–Crippen MR) is 104 cm³/mol. The van der Waals surface area contributed by atoms with Gasteiger partial charge >= 0.3 is 5.90 Å². The second kappa shape index (κ2) is 5.94. The van der Waals surface area contributed by atoms with Crippen LogP contribution >= 0.6 is 0 Å². The van der Waals surface area contributed by atoms with Gasteiger partial charge in [0.05, 0.1) is 5.56 Å². The maximum Gasteiger partial charge on any atom is 0.371 e. The summed E-state index contributed by atoms with van der Waals surface area (Å²) in [5, 5.41) is 2.32. The van der Waals surface area contributed by atoms with E-state index in [4.69, 9.17) is 4.74 Å². The van der Waals surface area contributed by atoms with Gasteiger partial charge in [-0.2, -0.15) is 4.58 Å². The van der Waals surface area contributed by atoms with Crippen molar-refractivity contribution in [2.75, 3.05) is 13.7 Å². The van der Waals surface area contributed by atoms with Crippen molar-refractivity contribution in [3.8, 4) is 11.1 Å². The van der Waals surface area contributed by atoms with Gasteiger partial charge in [-0.3, -0.25) is 0 Å². The molecule has 0 amide bonds. The molecule has 2 nitrogen and oxygen atoms in total. The minimum atomic E-state index is -0.227. The lowest BCUT2D eigenvalue weighted by Crippen LogP contribution is -2.33. The minimum absolute atomic E-state index is 0.0620. The molecule has 0 spiro atoms. The second-order valence-electron chi connectivity index (χ2n) is 7.64. The van der Waals surface area contributed by atoms with Gasteiger partial charge in [-0.1, -0.05) is 42.5 Å². The van der Waals surface area contributed by atoms with Crippen LogP contribution in [0.3, 0.4) is 0 Å². The van der Waals surface area contributed by atoms with Gasteiger partial charge in [0.15, 0.2) is 12.1 Å². The van der Waals surface area contributed by atoms with Crippen molar-refractivity contribution in [2.24, 2.45) is 0 Å². The van der Waals surface area contributed by atoms with Crippen molar-refractivity contribution in [1.82, 2.24) is 0 Å². The van der Waals surface area contributed by atoms with Gasteiger partial charge in [0.1, 0.15) is 12.9 Å². The summed E-state index contributed by atoms with van der Waals surface area (Å²) < 4.78 is 21.9. The van der Waals surface area contributed by atoms with Crippen molar-refractivity contribution >= 4 is 16.7 Å². The van der Waals surface area contributed by atoms with Crippen molar-refractivity contribution in [1.29, 1.82) is 0 Å². The Labute approximate surface area is 153 Å². The molecule has 1 aliphatic heterocycles. The van der Waals surface area contributed by atoms with E-state index in [1.165, 1.54) is 17.5 Å². The Kier molecular flexibility index (Phi) is 3.83. The van der Waals surface area contributed by atoms with Gasteiger partial charge in [0.2, 0.25) is 0 Å². The molecule has 0 bridgehead atoms. The normalized spacial score (nSPS) is 16.2. The molecule has 0 atom stereocenters. The van der Waals surface area contributed by atoms with Crippen LogP contribution in [-0.2, 0) is 4.74 Å². The number of aryl methyl sites for hydroxylation is 1. The molecule has 1 heterocycles. The van der Waals surface area contributed by atoms with Crippen LogP contribution in [-0.4, -0.2) is 29.7 Å². The van der Waals surface area contributed by atoms with Crippen LogP contribution in [0.4, 0.5) is 4.39 Å². The highest BCUT2D eigenvalue weighted by Gasteiger charge is 2.41. The number of hydrogen-bond donors (Lipinski definition) is 0. The minimum Gasteiger partial charge on any atom is -0.437 e. The molecule has 0 N–H and O–H groups in total. The van der Waals surface area contributed by atoms with Crippen LogP contribution in [0.15, 0.2) is 54.6 Å². The van der Waals surface area contributed by atoms with Gasteiger partial charge < -0.3 is 4.74 Å². The Hall–Kier alpha value is -2.68. The molecular formula is C23H23FNO+. The molecule has 26 heavy (non-hydrogen) atoms. The molecule has 0 fully saturated rings. The molecule has 3 aromatic carbocycles. The van der Waals surface area contributed by atoms with Crippen LogP contribution in [0.5, 0.6) is 0 Å². The highest BCUT2D eigenvalue weighted by Crippen LogP contribution is 2.36. The first-order chi connectivity index (χ1) is 12.4. The summed E-state index contributed by atoms with van der Waals surface area (Å²) in [4.78, 5) is 0. The third-order valence-electron chi connectivity index (χ3n) is 5.37. The quantitative estimate of drug-likeness (QED) is 0.583. The van der Waals surface area contributed by atoms with Gasteiger partial charge in [-0.25, -0.2) is 4.39 Å². The zero-order valence-corrected chi connectivity index (χ0v) is 15.6. The molecule has 3 aromatic rings. The van der Waals surface area contributed by atoms with E-state index in [0.717, 1.165) is 33.5 Å². The van der Waals surface area contributed by atoms with Crippen LogP contribution < -0.4 is 0 Å². The van der Waals surface area contributed by atoms with Gasteiger partial charge in [0.25, 0.3) is 0 Å². The fourth-order valence-electron chi connectivity index (χ4n) is 3.63. The number of hydrogen-bond acceptors (Lipinski definition) is 1. The monoisotopic (exact) mass is 348 g/mol. The first-order valence-corrected chi connectivity index (χ1v) is 8.91. The maximum atomic E-state index is 13.5. The Balaban J connectivity index is 2.10. The average Bonchev–Trinajstić information content (AvgIpc) is 2.88. The SMILES string of the molecule is Cc1cc2ccccc2c(-c2ccc(F)cc2)c1C1=[N+](C)C(C)(C)CO1. The number of ether oxygens (including phenoxy) is 1. The fraction of sp³-hybridized carbons (Fsp3) is 0.261. The first kappa shape index (κ1) is 16.8. The number of fused-ring (bicyclic) bond motifs is 1. The highest BCUT2D eigenvalue weighted by atomic mass is 19.1. The number of benzene rings is 3. The van der Waals surface area contributed by atoms with E-state index in [-0.39, 0.29) is 11.4 Å². The average molecular weight is 348 g/mol. The lowest BCUT2D eigenvalue weighted by atomic mass is 9.90. The van der Waals surface area contributed by atoms with E-state index < -0.39 is 0 Å². The fourth-order valence-corrected chi connectivity index (χ4v) is 3.63. The van der Waals surface area contributed by atoms with E-state index in [0.29, 0.717) is 6.61 Å². The summed E-state index contributed by atoms with van der Waals surface area (Å²) in [5.74, 6) is 0.660. The number of rotatable bonds is 2. The van der Waals surface area contributed by atoms with Crippen LogP contribution in [0.25, 0.3) is 21.9 Å². The maximum absolute atomic E-state index is 13.5. The lowest BCUT2D eigenvalue weighted by Gasteiger charge is -2.15. The third-order valence-corrected chi connectivity index (χ3v) is 5.37. The Morgan fingerprint density at radius 3 is 2.35 bits per heavy atom. The molecular weight excluding hydrogens is 325 g/mol. The van der Waals surface area contributed by atoms with E-state index >= 15 is 0 Å². The molecule has 4 rings (SSSR count). The van der Waals surface area contributed by atoms with Gasteiger partial charge in [-0.05, 0) is 41.0 Å². The zero-order chi connectivity index (χ0) is 18.5. The molecule has 0 saturated carbocycles. The summed E-state index contributed by atoms with van der Waals surface area (Å²) >= 11 is 0. The Morgan fingerprint density at radius 2 is 1.69 bits per heavy atom. The summed E-state index contributed by atoms with van der Waals surface area (Å²) in [5.41, 5.74) is 4.27. The predicted octanol–water partition coefficient (Wildman–Crippen LogP) is 5.15. The number of likely N-dealkylation sites (N-methyl/N-ethyl adjacent to an activating group) is 1. The number of nitrogens with zero attached hydrogens (tertiary/aromatic N) is 1. The topological polar surface area (TPSA) is 12.2 Å². The molecule has 0 unspecified atom stereocenters. The van der Waals surface area contributed by atoms with E-state index in [1.807, 2.05) is 24.3 Å². The Bertz CT molecular complexity index is 1030. The van der Waals surface area contributed by atoms with Crippen molar-refractivity contribution in [3.05, 3.63) is 71.5 Å². The van der Waals surface area contributed by atoms with Crippen LogP contribution in [0.2, 0.25) is 0 Å². The van der Waals surface area contributed by atoms with E-state index in [2.05, 4.69) is 50.6 Å².